The summed E-state index contributed by atoms with van der Waals surface area (Å²) in [6, 6.07) is 0. The fourth-order valence-electron chi connectivity index (χ4n) is 3.62. The van der Waals surface area contributed by atoms with Gasteiger partial charge in [-0.25, -0.2) is 0 Å². The van der Waals surface area contributed by atoms with Crippen LogP contribution >= 0.6 is 0 Å². The van der Waals surface area contributed by atoms with E-state index in [-0.39, 0.29) is 44.6 Å². The second kappa shape index (κ2) is 6.68. The number of halogens is 6. The fourth-order valence-corrected chi connectivity index (χ4v) is 3.62. The Bertz CT molecular complexity index is 524. The summed E-state index contributed by atoms with van der Waals surface area (Å²) in [5.74, 6) is -4.34. The van der Waals surface area contributed by atoms with Crippen LogP contribution in [0.2, 0.25) is 0 Å². The minimum absolute atomic E-state index is 0.0942. The van der Waals surface area contributed by atoms with Crippen molar-refractivity contribution in [1.82, 2.24) is 4.90 Å². The van der Waals surface area contributed by atoms with Crippen molar-refractivity contribution < 1.29 is 41.0 Å². The van der Waals surface area contributed by atoms with E-state index in [1.807, 2.05) is 0 Å². The molecule has 1 unspecified atom stereocenters. The Hall–Kier alpha value is -1.48. The highest BCUT2D eigenvalue weighted by Crippen LogP contribution is 2.46. The molecule has 144 valence electrons. The number of nitrogens with zero attached hydrogens (tertiary/aromatic N) is 1. The predicted octanol–water partition coefficient (Wildman–Crippen LogP) is 3.61. The average molecular weight is 375 g/mol. The SMILES string of the molecule is O=C(CC1CCC(C(F)(F)F)CC1)N1CCC(C(=O)O)(C(F)(F)F)C1. The van der Waals surface area contributed by atoms with E-state index < -0.39 is 48.5 Å². The first kappa shape index (κ1) is 19.8. The standard InChI is InChI=1S/C15H19F6NO3/c16-14(17,18)10-3-1-9(2-4-10)7-11(23)22-6-5-13(8-22,12(24)25)15(19,20)21/h9-10H,1-8H2,(H,24,25). The maximum atomic E-state index is 13.1. The summed E-state index contributed by atoms with van der Waals surface area (Å²) in [5, 5.41) is 8.96. The number of amides is 1. The van der Waals surface area contributed by atoms with Gasteiger partial charge in [0.05, 0.1) is 5.92 Å². The second-order valence-electron chi connectivity index (χ2n) is 6.91. The van der Waals surface area contributed by atoms with E-state index in [4.69, 9.17) is 5.11 Å². The monoisotopic (exact) mass is 375 g/mol. The molecule has 0 aromatic carbocycles. The van der Waals surface area contributed by atoms with Gasteiger partial charge in [0.15, 0.2) is 5.41 Å². The van der Waals surface area contributed by atoms with Gasteiger partial charge in [0, 0.05) is 19.5 Å². The lowest BCUT2D eigenvalue weighted by atomic mass is 9.80. The molecule has 10 heteroatoms. The Labute approximate surface area is 140 Å². The highest BCUT2D eigenvalue weighted by atomic mass is 19.4. The number of aliphatic carboxylic acids is 1. The van der Waals surface area contributed by atoms with Gasteiger partial charge in [-0.1, -0.05) is 0 Å². The Morgan fingerprint density at radius 1 is 1.04 bits per heavy atom. The van der Waals surface area contributed by atoms with Crippen LogP contribution in [0.25, 0.3) is 0 Å². The lowest BCUT2D eigenvalue weighted by molar-refractivity contribution is -0.227. The van der Waals surface area contributed by atoms with Gasteiger partial charge in [-0.3, -0.25) is 9.59 Å². The molecule has 4 nitrogen and oxygen atoms in total. The fraction of sp³-hybridized carbons (Fsp3) is 0.867. The van der Waals surface area contributed by atoms with Gasteiger partial charge in [0.2, 0.25) is 5.91 Å². The summed E-state index contributed by atoms with van der Waals surface area (Å²) in [5.41, 5.74) is -2.96. The van der Waals surface area contributed by atoms with Gasteiger partial charge in [-0.15, -0.1) is 0 Å². The van der Waals surface area contributed by atoms with Crippen molar-refractivity contribution in [2.45, 2.75) is 50.9 Å². The van der Waals surface area contributed by atoms with Crippen molar-refractivity contribution in [2.24, 2.45) is 17.3 Å². The van der Waals surface area contributed by atoms with E-state index in [0.717, 1.165) is 4.90 Å². The zero-order chi connectivity index (χ0) is 19.0. The molecule has 1 saturated carbocycles. The third kappa shape index (κ3) is 4.03. The molecule has 2 fully saturated rings. The molecule has 1 aliphatic carbocycles. The van der Waals surface area contributed by atoms with Crippen molar-refractivity contribution in [1.29, 1.82) is 0 Å². The van der Waals surface area contributed by atoms with Crippen LogP contribution in [-0.4, -0.2) is 47.3 Å². The number of likely N-dealkylation sites (tertiary alicyclic amines) is 1. The van der Waals surface area contributed by atoms with Crippen molar-refractivity contribution in [3.05, 3.63) is 0 Å². The van der Waals surface area contributed by atoms with Crippen LogP contribution in [0.1, 0.15) is 38.5 Å². The maximum absolute atomic E-state index is 13.1. The molecule has 2 rings (SSSR count). The topological polar surface area (TPSA) is 57.6 Å². The van der Waals surface area contributed by atoms with E-state index in [0.29, 0.717) is 0 Å². The van der Waals surface area contributed by atoms with Crippen LogP contribution in [0.15, 0.2) is 0 Å². The quantitative estimate of drug-likeness (QED) is 0.767. The van der Waals surface area contributed by atoms with Crippen LogP contribution in [0.5, 0.6) is 0 Å². The summed E-state index contributed by atoms with van der Waals surface area (Å²) in [4.78, 5) is 24.1. The van der Waals surface area contributed by atoms with Crippen LogP contribution < -0.4 is 0 Å². The van der Waals surface area contributed by atoms with E-state index in [1.165, 1.54) is 0 Å². The maximum Gasteiger partial charge on any atom is 0.406 e. The van der Waals surface area contributed by atoms with Gasteiger partial charge in [0.25, 0.3) is 0 Å². The van der Waals surface area contributed by atoms with Crippen LogP contribution in [0, 0.1) is 17.3 Å². The Kier molecular flexibility index (Phi) is 5.30. The van der Waals surface area contributed by atoms with Gasteiger partial charge >= 0.3 is 18.3 Å². The normalized spacial score (nSPS) is 31.2. The molecule has 0 spiro atoms. The molecule has 1 N–H and O–H groups in total. The third-order valence-corrected chi connectivity index (χ3v) is 5.35. The molecular formula is C15H19F6NO3. The van der Waals surface area contributed by atoms with Crippen LogP contribution in [0.4, 0.5) is 26.3 Å². The highest BCUT2D eigenvalue weighted by Gasteiger charge is 2.64. The van der Waals surface area contributed by atoms with Crippen molar-refractivity contribution in [3.8, 4) is 0 Å². The largest absolute Gasteiger partial charge is 0.481 e. The van der Waals surface area contributed by atoms with Crippen molar-refractivity contribution in [3.63, 3.8) is 0 Å². The number of hydrogen-bond donors (Lipinski definition) is 1. The highest BCUT2D eigenvalue weighted by molar-refractivity contribution is 5.81. The number of rotatable bonds is 3. The first-order valence-corrected chi connectivity index (χ1v) is 8.01. The summed E-state index contributed by atoms with van der Waals surface area (Å²) in [7, 11) is 0. The lowest BCUT2D eigenvalue weighted by Gasteiger charge is -2.31. The van der Waals surface area contributed by atoms with Crippen LogP contribution in [-0.2, 0) is 9.59 Å². The Morgan fingerprint density at radius 2 is 1.60 bits per heavy atom. The van der Waals surface area contributed by atoms with Crippen molar-refractivity contribution in [2.75, 3.05) is 13.1 Å². The molecule has 1 amide bonds. The summed E-state index contributed by atoms with van der Waals surface area (Å²) >= 11 is 0. The summed E-state index contributed by atoms with van der Waals surface area (Å²) < 4.78 is 77.1. The van der Waals surface area contributed by atoms with E-state index in [2.05, 4.69) is 0 Å². The van der Waals surface area contributed by atoms with Gasteiger partial charge in [-0.05, 0) is 38.0 Å². The number of carboxylic acid groups (broad SMARTS) is 1. The molecule has 1 aliphatic heterocycles. The minimum atomic E-state index is -4.97. The third-order valence-electron chi connectivity index (χ3n) is 5.35. The Morgan fingerprint density at radius 3 is 2.00 bits per heavy atom. The molecule has 2 aliphatic rings. The van der Waals surface area contributed by atoms with Gasteiger partial charge < -0.3 is 10.0 Å². The van der Waals surface area contributed by atoms with Gasteiger partial charge in [0.1, 0.15) is 0 Å². The minimum Gasteiger partial charge on any atom is -0.481 e. The average Bonchev–Trinajstić information content (AvgIpc) is 2.93. The Balaban J connectivity index is 1.92. The first-order valence-electron chi connectivity index (χ1n) is 8.01. The molecule has 1 atom stereocenters. The van der Waals surface area contributed by atoms with Crippen LogP contribution in [0.3, 0.4) is 0 Å². The van der Waals surface area contributed by atoms with Gasteiger partial charge in [-0.2, -0.15) is 26.3 Å². The molecule has 1 heterocycles. The lowest BCUT2D eigenvalue weighted by Crippen LogP contribution is -2.47. The zero-order valence-electron chi connectivity index (χ0n) is 13.3. The number of carbonyl (C=O) groups is 2. The second-order valence-corrected chi connectivity index (χ2v) is 6.91. The van der Waals surface area contributed by atoms with E-state index >= 15 is 0 Å². The molecule has 25 heavy (non-hydrogen) atoms. The molecule has 0 aromatic rings. The summed E-state index contributed by atoms with van der Waals surface area (Å²) in [6.45, 7) is -1.26. The van der Waals surface area contributed by atoms with E-state index in [9.17, 15) is 35.9 Å². The number of carboxylic acids is 1. The molecule has 0 radical (unpaired) electrons. The molecular weight excluding hydrogens is 356 g/mol. The number of carbonyl (C=O) groups excluding carboxylic acids is 1. The molecule has 0 aromatic heterocycles. The molecule has 1 saturated heterocycles. The zero-order valence-corrected chi connectivity index (χ0v) is 13.3. The first-order chi connectivity index (χ1) is 11.4. The smallest absolute Gasteiger partial charge is 0.406 e. The van der Waals surface area contributed by atoms with Crippen molar-refractivity contribution >= 4 is 11.9 Å². The van der Waals surface area contributed by atoms with E-state index in [1.54, 1.807) is 0 Å². The predicted molar refractivity (Wildman–Crippen MR) is 73.4 cm³/mol. The summed E-state index contributed by atoms with van der Waals surface area (Å²) in [6.07, 6.45) is -9.90. The number of hydrogen-bond acceptors (Lipinski definition) is 2. The molecule has 0 bridgehead atoms. The number of alkyl halides is 6.